The third-order valence-electron chi connectivity index (χ3n) is 2.77. The number of nitrogens with zero attached hydrogens (tertiary/aromatic N) is 3. The SMILES string of the molecule is CC(C)NC(C)(C#N)CCCCn1cc(Br)cn1. The number of aryl methyl sites for hydroxylation is 1. The fraction of sp³-hybridized carbons (Fsp3) is 0.692. The summed E-state index contributed by atoms with van der Waals surface area (Å²) in [5, 5.41) is 16.7. The third kappa shape index (κ3) is 5.19. The number of rotatable bonds is 7. The zero-order valence-corrected chi connectivity index (χ0v) is 12.9. The van der Waals surface area contributed by atoms with Gasteiger partial charge in [-0.15, -0.1) is 0 Å². The lowest BCUT2D eigenvalue weighted by molar-refractivity contribution is 0.364. The van der Waals surface area contributed by atoms with Gasteiger partial charge < -0.3 is 0 Å². The molecule has 1 unspecified atom stereocenters. The van der Waals surface area contributed by atoms with Gasteiger partial charge >= 0.3 is 0 Å². The number of halogens is 1. The molecule has 18 heavy (non-hydrogen) atoms. The maximum absolute atomic E-state index is 9.22. The van der Waals surface area contributed by atoms with Crippen molar-refractivity contribution >= 4 is 15.9 Å². The number of hydrogen-bond donors (Lipinski definition) is 1. The van der Waals surface area contributed by atoms with Crippen molar-refractivity contribution in [2.24, 2.45) is 0 Å². The van der Waals surface area contributed by atoms with Crippen LogP contribution < -0.4 is 5.32 Å². The molecule has 1 atom stereocenters. The highest BCUT2D eigenvalue weighted by molar-refractivity contribution is 9.10. The Morgan fingerprint density at radius 1 is 1.56 bits per heavy atom. The van der Waals surface area contributed by atoms with Gasteiger partial charge in [0.05, 0.1) is 16.7 Å². The van der Waals surface area contributed by atoms with Crippen molar-refractivity contribution in [2.45, 2.75) is 58.2 Å². The molecule has 1 aromatic rings. The van der Waals surface area contributed by atoms with Crippen LogP contribution in [0.25, 0.3) is 0 Å². The first-order valence-corrected chi connectivity index (χ1v) is 7.11. The Morgan fingerprint density at radius 3 is 2.78 bits per heavy atom. The monoisotopic (exact) mass is 312 g/mol. The average molecular weight is 313 g/mol. The largest absolute Gasteiger partial charge is 0.297 e. The molecule has 100 valence electrons. The third-order valence-corrected chi connectivity index (χ3v) is 3.18. The molecule has 0 bridgehead atoms. The summed E-state index contributed by atoms with van der Waals surface area (Å²) in [5.41, 5.74) is -0.418. The first-order chi connectivity index (χ1) is 8.45. The Hall–Kier alpha value is -0.860. The van der Waals surface area contributed by atoms with E-state index in [0.29, 0.717) is 6.04 Å². The van der Waals surface area contributed by atoms with Crippen molar-refractivity contribution in [3.63, 3.8) is 0 Å². The van der Waals surface area contributed by atoms with Gasteiger partial charge in [0.1, 0.15) is 5.54 Å². The summed E-state index contributed by atoms with van der Waals surface area (Å²) in [6.07, 6.45) is 6.67. The molecule has 0 amide bonds. The predicted molar refractivity (Wildman–Crippen MR) is 76.1 cm³/mol. The van der Waals surface area contributed by atoms with Crippen LogP contribution >= 0.6 is 15.9 Å². The quantitative estimate of drug-likeness (QED) is 0.787. The normalized spacial score (nSPS) is 14.4. The molecular weight excluding hydrogens is 292 g/mol. The Morgan fingerprint density at radius 2 is 2.28 bits per heavy atom. The van der Waals surface area contributed by atoms with Gasteiger partial charge in [0.2, 0.25) is 0 Å². The number of unbranched alkanes of at least 4 members (excludes halogenated alkanes) is 1. The summed E-state index contributed by atoms with van der Waals surface area (Å²) < 4.78 is 2.93. The van der Waals surface area contributed by atoms with Crippen molar-refractivity contribution < 1.29 is 0 Å². The minimum atomic E-state index is -0.418. The summed E-state index contributed by atoms with van der Waals surface area (Å²) in [6.45, 7) is 7.00. The van der Waals surface area contributed by atoms with E-state index in [1.165, 1.54) is 0 Å². The van der Waals surface area contributed by atoms with E-state index in [-0.39, 0.29) is 0 Å². The Kier molecular flexibility index (Phi) is 5.83. The minimum Gasteiger partial charge on any atom is -0.297 e. The second-order valence-corrected chi connectivity index (χ2v) is 6.04. The van der Waals surface area contributed by atoms with Gasteiger partial charge in [-0.2, -0.15) is 10.4 Å². The number of hydrogen-bond acceptors (Lipinski definition) is 3. The summed E-state index contributed by atoms with van der Waals surface area (Å²) in [5.74, 6) is 0. The van der Waals surface area contributed by atoms with Gasteiger partial charge in [-0.05, 0) is 56.0 Å². The molecule has 0 aliphatic rings. The van der Waals surface area contributed by atoms with E-state index in [0.717, 1.165) is 30.3 Å². The van der Waals surface area contributed by atoms with Crippen LogP contribution in [0, 0.1) is 11.3 Å². The average Bonchev–Trinajstić information content (AvgIpc) is 2.70. The van der Waals surface area contributed by atoms with Crippen molar-refractivity contribution in [3.05, 3.63) is 16.9 Å². The van der Waals surface area contributed by atoms with E-state index in [9.17, 15) is 5.26 Å². The lowest BCUT2D eigenvalue weighted by Gasteiger charge is -2.25. The van der Waals surface area contributed by atoms with E-state index >= 15 is 0 Å². The molecule has 5 heteroatoms. The standard InChI is InChI=1S/C13H21BrN4/c1-11(2)17-13(3,10-15)6-4-5-7-18-9-12(14)8-16-18/h8-9,11,17H,4-7H2,1-3H3. The van der Waals surface area contributed by atoms with Gasteiger partial charge in [0, 0.05) is 18.8 Å². The summed E-state index contributed by atoms with van der Waals surface area (Å²) in [6, 6.07) is 2.70. The number of aromatic nitrogens is 2. The maximum Gasteiger partial charge on any atom is 0.104 e. The highest BCUT2D eigenvalue weighted by Crippen LogP contribution is 2.15. The number of nitrogens with one attached hydrogen (secondary N) is 1. The van der Waals surface area contributed by atoms with Crippen LogP contribution in [0.3, 0.4) is 0 Å². The molecule has 0 radical (unpaired) electrons. The molecule has 4 nitrogen and oxygen atoms in total. The van der Waals surface area contributed by atoms with Crippen molar-refractivity contribution in [1.29, 1.82) is 5.26 Å². The van der Waals surface area contributed by atoms with Gasteiger partial charge in [-0.3, -0.25) is 10.00 Å². The molecule has 1 aromatic heterocycles. The van der Waals surface area contributed by atoms with Crippen LogP contribution in [0.15, 0.2) is 16.9 Å². The maximum atomic E-state index is 9.22. The predicted octanol–water partition coefficient (Wildman–Crippen LogP) is 3.10. The fourth-order valence-electron chi connectivity index (χ4n) is 2.01. The Bertz CT molecular complexity index is 407. The van der Waals surface area contributed by atoms with E-state index in [1.807, 2.05) is 17.8 Å². The van der Waals surface area contributed by atoms with E-state index < -0.39 is 5.54 Å². The Balaban J connectivity index is 2.30. The van der Waals surface area contributed by atoms with Crippen LogP contribution in [0.4, 0.5) is 0 Å². The van der Waals surface area contributed by atoms with E-state index in [4.69, 9.17) is 0 Å². The highest BCUT2D eigenvalue weighted by Gasteiger charge is 2.23. The van der Waals surface area contributed by atoms with Crippen molar-refractivity contribution in [2.75, 3.05) is 0 Å². The Labute approximate surface area is 117 Å². The molecule has 0 saturated heterocycles. The van der Waals surface area contributed by atoms with Crippen LogP contribution in [-0.4, -0.2) is 21.4 Å². The molecule has 0 aliphatic carbocycles. The van der Waals surface area contributed by atoms with Crippen LogP contribution in [0.5, 0.6) is 0 Å². The molecule has 1 N–H and O–H groups in total. The molecule has 0 fully saturated rings. The van der Waals surface area contributed by atoms with E-state index in [1.54, 1.807) is 6.20 Å². The van der Waals surface area contributed by atoms with Crippen LogP contribution in [0.1, 0.15) is 40.0 Å². The summed E-state index contributed by atoms with van der Waals surface area (Å²) in [7, 11) is 0. The zero-order chi connectivity index (χ0) is 13.6. The zero-order valence-electron chi connectivity index (χ0n) is 11.3. The highest BCUT2D eigenvalue weighted by atomic mass is 79.9. The smallest absolute Gasteiger partial charge is 0.104 e. The lowest BCUT2D eigenvalue weighted by atomic mass is 9.95. The second kappa shape index (κ2) is 6.91. The lowest BCUT2D eigenvalue weighted by Crippen LogP contribution is -2.44. The fourth-order valence-corrected chi connectivity index (χ4v) is 2.34. The van der Waals surface area contributed by atoms with Gasteiger partial charge in [0.15, 0.2) is 0 Å². The second-order valence-electron chi connectivity index (χ2n) is 5.12. The molecule has 0 aliphatic heterocycles. The van der Waals surface area contributed by atoms with Crippen LogP contribution in [-0.2, 0) is 6.54 Å². The molecule has 1 rings (SSSR count). The van der Waals surface area contributed by atoms with Crippen molar-refractivity contribution in [3.8, 4) is 6.07 Å². The molecular formula is C13H21BrN4. The molecule has 0 spiro atoms. The van der Waals surface area contributed by atoms with Gasteiger partial charge in [0.25, 0.3) is 0 Å². The molecule has 1 heterocycles. The molecule has 0 aromatic carbocycles. The first kappa shape index (κ1) is 15.2. The van der Waals surface area contributed by atoms with Gasteiger partial charge in [-0.25, -0.2) is 0 Å². The topological polar surface area (TPSA) is 53.6 Å². The number of nitriles is 1. The van der Waals surface area contributed by atoms with E-state index in [2.05, 4.69) is 46.3 Å². The van der Waals surface area contributed by atoms with Crippen molar-refractivity contribution in [1.82, 2.24) is 15.1 Å². The van der Waals surface area contributed by atoms with Crippen LogP contribution in [0.2, 0.25) is 0 Å². The van der Waals surface area contributed by atoms with Gasteiger partial charge in [-0.1, -0.05) is 0 Å². The summed E-state index contributed by atoms with van der Waals surface area (Å²) in [4.78, 5) is 0. The molecule has 0 saturated carbocycles. The minimum absolute atomic E-state index is 0.330. The first-order valence-electron chi connectivity index (χ1n) is 6.32. The summed E-state index contributed by atoms with van der Waals surface area (Å²) >= 11 is 3.37.